The highest BCUT2D eigenvalue weighted by molar-refractivity contribution is 7.89. The van der Waals surface area contributed by atoms with Crippen LogP contribution in [0.4, 0.5) is 11.4 Å². The second kappa shape index (κ2) is 9.41. The van der Waals surface area contributed by atoms with Gasteiger partial charge in [0.2, 0.25) is 10.0 Å². The van der Waals surface area contributed by atoms with Crippen molar-refractivity contribution >= 4 is 44.9 Å². The molecule has 1 N–H and O–H groups in total. The number of esters is 1. The highest BCUT2D eigenvalue weighted by Gasteiger charge is 2.27. The molecule has 1 heterocycles. The van der Waals surface area contributed by atoms with Gasteiger partial charge in [-0.1, -0.05) is 17.7 Å². The third-order valence-corrected chi connectivity index (χ3v) is 6.75. The van der Waals surface area contributed by atoms with Crippen molar-refractivity contribution in [3.8, 4) is 0 Å². The van der Waals surface area contributed by atoms with Crippen molar-refractivity contribution in [1.29, 1.82) is 0 Å². The van der Waals surface area contributed by atoms with Gasteiger partial charge < -0.3 is 10.1 Å². The first-order chi connectivity index (χ1) is 14.7. The zero-order valence-electron chi connectivity index (χ0n) is 16.1. The number of ether oxygens (including phenoxy) is 1. The van der Waals surface area contributed by atoms with Gasteiger partial charge in [-0.3, -0.25) is 14.9 Å². The molecular weight excluding hydrogens is 450 g/mol. The molecule has 31 heavy (non-hydrogen) atoms. The van der Waals surface area contributed by atoms with Crippen molar-refractivity contribution in [2.75, 3.05) is 25.0 Å². The second-order valence-electron chi connectivity index (χ2n) is 6.69. The summed E-state index contributed by atoms with van der Waals surface area (Å²) in [7, 11) is -3.70. The summed E-state index contributed by atoms with van der Waals surface area (Å²) in [5.74, 6) is -1.61. The molecule has 1 fully saturated rings. The molecule has 0 atom stereocenters. The molecule has 2 aromatic rings. The Kier molecular flexibility index (Phi) is 6.88. The van der Waals surface area contributed by atoms with Crippen LogP contribution in [0.3, 0.4) is 0 Å². The van der Waals surface area contributed by atoms with Gasteiger partial charge in [0, 0.05) is 24.8 Å². The number of hydrogen-bond donors (Lipinski definition) is 1. The largest absolute Gasteiger partial charge is 0.452 e. The minimum atomic E-state index is -3.70. The Balaban J connectivity index is 1.63. The van der Waals surface area contributed by atoms with E-state index in [4.69, 9.17) is 16.3 Å². The molecule has 0 radical (unpaired) electrons. The molecule has 2 aromatic carbocycles. The fourth-order valence-electron chi connectivity index (χ4n) is 3.00. The Bertz CT molecular complexity index is 1130. The van der Waals surface area contributed by atoms with Crippen LogP contribution in [0, 0.1) is 10.1 Å². The number of benzene rings is 2. The first kappa shape index (κ1) is 22.7. The zero-order chi connectivity index (χ0) is 22.6. The third kappa shape index (κ3) is 5.37. The predicted molar refractivity (Wildman–Crippen MR) is 111 cm³/mol. The van der Waals surface area contributed by atoms with Crippen molar-refractivity contribution < 1.29 is 27.7 Å². The molecule has 1 aliphatic rings. The molecule has 1 saturated heterocycles. The van der Waals surface area contributed by atoms with Crippen molar-refractivity contribution in [3.05, 3.63) is 63.2 Å². The maximum atomic E-state index is 12.6. The van der Waals surface area contributed by atoms with E-state index in [9.17, 15) is 28.1 Å². The van der Waals surface area contributed by atoms with E-state index in [1.165, 1.54) is 40.7 Å². The molecule has 0 aromatic heterocycles. The molecule has 0 saturated carbocycles. The molecule has 0 spiro atoms. The van der Waals surface area contributed by atoms with Gasteiger partial charge in [0.15, 0.2) is 6.61 Å². The topological polar surface area (TPSA) is 136 Å². The summed E-state index contributed by atoms with van der Waals surface area (Å²) >= 11 is 5.72. The second-order valence-corrected chi connectivity index (χ2v) is 9.03. The van der Waals surface area contributed by atoms with Crippen LogP contribution in [0.2, 0.25) is 5.02 Å². The average molecular weight is 468 g/mol. The average Bonchev–Trinajstić information content (AvgIpc) is 3.29. The number of carbonyl (C=O) groups excluding carboxylic acids is 2. The monoisotopic (exact) mass is 467 g/mol. The van der Waals surface area contributed by atoms with Crippen molar-refractivity contribution in [2.24, 2.45) is 0 Å². The van der Waals surface area contributed by atoms with E-state index in [-0.39, 0.29) is 26.9 Å². The van der Waals surface area contributed by atoms with Gasteiger partial charge in [-0.05, 0) is 43.2 Å². The molecule has 164 valence electrons. The fraction of sp³-hybridized carbons (Fsp3) is 0.263. The van der Waals surface area contributed by atoms with Gasteiger partial charge in [0.25, 0.3) is 11.6 Å². The van der Waals surface area contributed by atoms with Crippen LogP contribution < -0.4 is 5.32 Å². The Labute approximate surface area is 183 Å². The van der Waals surface area contributed by atoms with Crippen LogP contribution in [0.1, 0.15) is 23.2 Å². The quantitative estimate of drug-likeness (QED) is 0.375. The van der Waals surface area contributed by atoms with Crippen LogP contribution in [-0.2, 0) is 19.6 Å². The van der Waals surface area contributed by atoms with Gasteiger partial charge in [0.05, 0.1) is 15.4 Å². The van der Waals surface area contributed by atoms with Crippen LogP contribution >= 0.6 is 11.6 Å². The summed E-state index contributed by atoms with van der Waals surface area (Å²) in [5.41, 5.74) is -0.293. The number of nitrogens with zero attached hydrogens (tertiary/aromatic N) is 2. The number of nitrogens with one attached hydrogen (secondary N) is 1. The summed E-state index contributed by atoms with van der Waals surface area (Å²) in [5, 5.41) is 13.2. The smallest absolute Gasteiger partial charge is 0.338 e. The maximum Gasteiger partial charge on any atom is 0.338 e. The minimum Gasteiger partial charge on any atom is -0.452 e. The normalized spacial score (nSPS) is 14.2. The number of nitro benzene ring substituents is 1. The maximum absolute atomic E-state index is 12.6. The van der Waals surface area contributed by atoms with Crippen molar-refractivity contribution in [2.45, 2.75) is 17.7 Å². The number of rotatable bonds is 7. The predicted octanol–water partition coefficient (Wildman–Crippen LogP) is 2.83. The highest BCUT2D eigenvalue weighted by atomic mass is 35.5. The lowest BCUT2D eigenvalue weighted by molar-refractivity contribution is -0.384. The van der Waals surface area contributed by atoms with E-state index in [1.807, 2.05) is 0 Å². The first-order valence-electron chi connectivity index (χ1n) is 9.19. The number of halogens is 1. The Morgan fingerprint density at radius 2 is 1.87 bits per heavy atom. The Morgan fingerprint density at radius 3 is 2.55 bits per heavy atom. The van der Waals surface area contributed by atoms with Crippen LogP contribution in [-0.4, -0.2) is 49.2 Å². The number of hydrogen-bond acceptors (Lipinski definition) is 7. The van der Waals surface area contributed by atoms with Crippen molar-refractivity contribution in [3.63, 3.8) is 0 Å². The Morgan fingerprint density at radius 1 is 1.16 bits per heavy atom. The lowest BCUT2D eigenvalue weighted by Crippen LogP contribution is -2.28. The molecule has 10 nitrogen and oxygen atoms in total. The molecule has 1 amide bonds. The molecular formula is C19H18ClN3O7S. The van der Waals surface area contributed by atoms with E-state index in [1.54, 1.807) is 0 Å². The lowest BCUT2D eigenvalue weighted by atomic mass is 10.2. The zero-order valence-corrected chi connectivity index (χ0v) is 17.7. The molecule has 0 bridgehead atoms. The molecule has 0 unspecified atom stereocenters. The van der Waals surface area contributed by atoms with E-state index in [2.05, 4.69) is 5.32 Å². The first-order valence-corrected chi connectivity index (χ1v) is 11.0. The standard InChI is InChI=1S/C19H18ClN3O7S/c20-16-7-6-14(11-17(16)23(26)27)21-18(24)12-30-19(25)13-4-3-5-15(10-13)31(28,29)22-8-1-2-9-22/h3-7,10-11H,1-2,8-9,12H2,(H,21,24). The number of carbonyl (C=O) groups is 2. The number of anilines is 1. The summed E-state index contributed by atoms with van der Waals surface area (Å²) in [6.07, 6.45) is 1.57. The number of sulfonamides is 1. The molecule has 3 rings (SSSR count). The van der Waals surface area contributed by atoms with E-state index in [0.717, 1.165) is 18.9 Å². The lowest BCUT2D eigenvalue weighted by Gasteiger charge is -2.15. The number of amides is 1. The van der Waals surface area contributed by atoms with Gasteiger partial charge in [-0.25, -0.2) is 13.2 Å². The molecule has 0 aliphatic carbocycles. The van der Waals surface area contributed by atoms with Gasteiger partial charge in [-0.2, -0.15) is 4.31 Å². The summed E-state index contributed by atoms with van der Waals surface area (Å²) < 4.78 is 31.6. The van der Waals surface area contributed by atoms with Gasteiger partial charge >= 0.3 is 5.97 Å². The van der Waals surface area contributed by atoms with Gasteiger partial charge in [0.1, 0.15) is 5.02 Å². The summed E-state index contributed by atoms with van der Waals surface area (Å²) in [6.45, 7) is 0.193. The van der Waals surface area contributed by atoms with Crippen LogP contribution in [0.5, 0.6) is 0 Å². The van der Waals surface area contributed by atoms with E-state index >= 15 is 0 Å². The van der Waals surface area contributed by atoms with E-state index < -0.39 is 33.4 Å². The summed E-state index contributed by atoms with van der Waals surface area (Å²) in [6, 6.07) is 9.10. The molecule has 1 aliphatic heterocycles. The molecule has 12 heteroatoms. The van der Waals surface area contributed by atoms with Crippen molar-refractivity contribution in [1.82, 2.24) is 4.31 Å². The van der Waals surface area contributed by atoms with Gasteiger partial charge in [-0.15, -0.1) is 0 Å². The third-order valence-electron chi connectivity index (χ3n) is 4.53. The Hall–Kier alpha value is -3.02. The van der Waals surface area contributed by atoms with Crippen LogP contribution in [0.25, 0.3) is 0 Å². The van der Waals surface area contributed by atoms with Crippen LogP contribution in [0.15, 0.2) is 47.4 Å². The highest BCUT2D eigenvalue weighted by Crippen LogP contribution is 2.27. The minimum absolute atomic E-state index is 0.0183. The number of nitro groups is 1. The fourth-order valence-corrected chi connectivity index (χ4v) is 4.75. The van der Waals surface area contributed by atoms with E-state index in [0.29, 0.717) is 13.1 Å². The SMILES string of the molecule is O=C(COC(=O)c1cccc(S(=O)(=O)N2CCCC2)c1)Nc1ccc(Cl)c([N+](=O)[O-])c1. The summed E-state index contributed by atoms with van der Waals surface area (Å²) in [4.78, 5) is 34.5.